The molecule has 0 heterocycles. The summed E-state index contributed by atoms with van der Waals surface area (Å²) in [5, 5.41) is 3.13. The number of carbonyl (C=O) groups excluding carboxylic acids is 1. The number of hydrogen-bond acceptors (Lipinski definition) is 2. The van der Waals surface area contributed by atoms with E-state index in [4.69, 9.17) is 5.73 Å². The first-order valence-corrected chi connectivity index (χ1v) is 6.31. The lowest BCUT2D eigenvalue weighted by Crippen LogP contribution is -2.46. The molecule has 2 rings (SSSR count). The lowest BCUT2D eigenvalue weighted by Gasteiger charge is -2.30. The van der Waals surface area contributed by atoms with Crippen molar-refractivity contribution in [2.45, 2.75) is 51.0 Å². The van der Waals surface area contributed by atoms with E-state index in [9.17, 15) is 4.79 Å². The van der Waals surface area contributed by atoms with Crippen LogP contribution in [0.5, 0.6) is 0 Å². The first kappa shape index (κ1) is 13.8. The van der Waals surface area contributed by atoms with E-state index in [0.717, 1.165) is 12.8 Å². The van der Waals surface area contributed by atoms with Gasteiger partial charge in [-0.15, -0.1) is 12.4 Å². The molecule has 1 atom stereocenters. The van der Waals surface area contributed by atoms with Gasteiger partial charge < -0.3 is 11.1 Å². The molecule has 94 valence electrons. The highest BCUT2D eigenvalue weighted by atomic mass is 35.5. The first-order valence-electron chi connectivity index (χ1n) is 6.31. The van der Waals surface area contributed by atoms with Crippen molar-refractivity contribution in [1.82, 2.24) is 5.32 Å². The third-order valence-electron chi connectivity index (χ3n) is 3.75. The number of halogens is 1. The molecule has 2 aliphatic carbocycles. The highest BCUT2D eigenvalue weighted by molar-refractivity contribution is 5.85. The van der Waals surface area contributed by atoms with Gasteiger partial charge in [0.25, 0.3) is 0 Å². The van der Waals surface area contributed by atoms with Crippen molar-refractivity contribution in [2.75, 3.05) is 6.54 Å². The topological polar surface area (TPSA) is 55.1 Å². The van der Waals surface area contributed by atoms with Crippen LogP contribution in [0.3, 0.4) is 0 Å². The zero-order chi connectivity index (χ0) is 10.7. The van der Waals surface area contributed by atoms with Gasteiger partial charge in [-0.3, -0.25) is 4.79 Å². The molecule has 0 radical (unpaired) electrons. The summed E-state index contributed by atoms with van der Waals surface area (Å²) in [5.74, 6) is 1.19. The molecule has 2 fully saturated rings. The highest BCUT2D eigenvalue weighted by Crippen LogP contribution is 2.30. The van der Waals surface area contributed by atoms with Gasteiger partial charge in [0.15, 0.2) is 0 Å². The Kier molecular flexibility index (Phi) is 5.56. The van der Waals surface area contributed by atoms with Crippen LogP contribution < -0.4 is 11.1 Å². The standard InChI is InChI=1S/C12H22N2O.ClH/c13-8-11(9-4-2-1-3-5-9)14-12(15)10-6-7-10;/h9-11H,1-8,13H2,(H,14,15);1H. The van der Waals surface area contributed by atoms with E-state index in [1.165, 1.54) is 32.1 Å². The molecule has 0 aliphatic heterocycles. The van der Waals surface area contributed by atoms with Gasteiger partial charge in [-0.05, 0) is 31.6 Å². The Bertz CT molecular complexity index is 225. The Balaban J connectivity index is 0.00000128. The van der Waals surface area contributed by atoms with Crippen LogP contribution in [0.4, 0.5) is 0 Å². The number of nitrogens with one attached hydrogen (secondary N) is 1. The predicted molar refractivity (Wildman–Crippen MR) is 67.5 cm³/mol. The smallest absolute Gasteiger partial charge is 0.223 e. The molecule has 2 aliphatic rings. The van der Waals surface area contributed by atoms with E-state index in [0.29, 0.717) is 18.4 Å². The van der Waals surface area contributed by atoms with Crippen LogP contribution in [0.25, 0.3) is 0 Å². The zero-order valence-electron chi connectivity index (χ0n) is 9.78. The van der Waals surface area contributed by atoms with Crippen molar-refractivity contribution in [3.8, 4) is 0 Å². The molecule has 0 aromatic rings. The van der Waals surface area contributed by atoms with Gasteiger partial charge in [-0.25, -0.2) is 0 Å². The third-order valence-corrected chi connectivity index (χ3v) is 3.75. The fourth-order valence-corrected chi connectivity index (χ4v) is 2.55. The molecule has 2 saturated carbocycles. The van der Waals surface area contributed by atoms with Gasteiger partial charge in [0.05, 0.1) is 0 Å². The number of carbonyl (C=O) groups is 1. The molecular formula is C12H23ClN2O. The van der Waals surface area contributed by atoms with Crippen molar-refractivity contribution in [3.63, 3.8) is 0 Å². The average molecular weight is 247 g/mol. The normalized spacial score (nSPS) is 23.3. The summed E-state index contributed by atoms with van der Waals surface area (Å²) in [6, 6.07) is 0.235. The molecule has 1 amide bonds. The van der Waals surface area contributed by atoms with Gasteiger partial charge >= 0.3 is 0 Å². The summed E-state index contributed by atoms with van der Waals surface area (Å²) in [6.45, 7) is 0.600. The molecule has 16 heavy (non-hydrogen) atoms. The molecule has 4 heteroatoms. The van der Waals surface area contributed by atoms with Crippen molar-refractivity contribution in [2.24, 2.45) is 17.6 Å². The number of nitrogens with two attached hydrogens (primary N) is 1. The van der Waals surface area contributed by atoms with E-state index < -0.39 is 0 Å². The fraction of sp³-hybridized carbons (Fsp3) is 0.917. The molecule has 0 saturated heterocycles. The Hall–Kier alpha value is -0.280. The highest BCUT2D eigenvalue weighted by Gasteiger charge is 2.32. The summed E-state index contributed by atoms with van der Waals surface area (Å²) in [4.78, 5) is 11.7. The second-order valence-electron chi connectivity index (χ2n) is 5.02. The van der Waals surface area contributed by atoms with Crippen LogP contribution in [0, 0.1) is 11.8 Å². The third kappa shape index (κ3) is 3.63. The molecule has 3 nitrogen and oxygen atoms in total. The Morgan fingerprint density at radius 1 is 1.19 bits per heavy atom. The van der Waals surface area contributed by atoms with E-state index >= 15 is 0 Å². The molecule has 3 N–H and O–H groups in total. The molecule has 0 spiro atoms. The Labute approximate surface area is 104 Å². The van der Waals surface area contributed by atoms with Gasteiger partial charge in [-0.2, -0.15) is 0 Å². The van der Waals surface area contributed by atoms with E-state index in [1.54, 1.807) is 0 Å². The molecule has 0 bridgehead atoms. The minimum Gasteiger partial charge on any atom is -0.352 e. The van der Waals surface area contributed by atoms with Crippen molar-refractivity contribution < 1.29 is 4.79 Å². The van der Waals surface area contributed by atoms with Crippen LogP contribution in [0.15, 0.2) is 0 Å². The quantitative estimate of drug-likeness (QED) is 0.796. The molecular weight excluding hydrogens is 224 g/mol. The van der Waals surface area contributed by atoms with Gasteiger partial charge in [0.1, 0.15) is 0 Å². The summed E-state index contributed by atoms with van der Waals surface area (Å²) in [5.41, 5.74) is 5.76. The van der Waals surface area contributed by atoms with Crippen molar-refractivity contribution in [1.29, 1.82) is 0 Å². The average Bonchev–Trinajstić information content (AvgIpc) is 3.10. The van der Waals surface area contributed by atoms with Crippen LogP contribution in [0.1, 0.15) is 44.9 Å². The van der Waals surface area contributed by atoms with E-state index in [-0.39, 0.29) is 24.4 Å². The van der Waals surface area contributed by atoms with Gasteiger partial charge in [-0.1, -0.05) is 19.3 Å². The van der Waals surface area contributed by atoms with Gasteiger partial charge in [0.2, 0.25) is 5.91 Å². The summed E-state index contributed by atoms with van der Waals surface area (Å²) in [6.07, 6.45) is 8.60. The van der Waals surface area contributed by atoms with E-state index in [2.05, 4.69) is 5.32 Å². The van der Waals surface area contributed by atoms with Crippen LogP contribution in [-0.2, 0) is 4.79 Å². The second kappa shape index (κ2) is 6.45. The SMILES string of the molecule is Cl.NCC(NC(=O)C1CC1)C1CCCCC1. The maximum Gasteiger partial charge on any atom is 0.223 e. The van der Waals surface area contributed by atoms with Crippen LogP contribution in [-0.4, -0.2) is 18.5 Å². The fourth-order valence-electron chi connectivity index (χ4n) is 2.55. The monoisotopic (exact) mass is 246 g/mol. The van der Waals surface area contributed by atoms with Gasteiger partial charge in [0, 0.05) is 18.5 Å². The molecule has 1 unspecified atom stereocenters. The largest absolute Gasteiger partial charge is 0.352 e. The van der Waals surface area contributed by atoms with Crippen molar-refractivity contribution in [3.05, 3.63) is 0 Å². The van der Waals surface area contributed by atoms with Crippen LogP contribution in [0.2, 0.25) is 0 Å². The zero-order valence-corrected chi connectivity index (χ0v) is 10.6. The van der Waals surface area contributed by atoms with Crippen LogP contribution >= 0.6 is 12.4 Å². The minimum absolute atomic E-state index is 0. The number of amides is 1. The summed E-state index contributed by atoms with van der Waals surface area (Å²) < 4.78 is 0. The van der Waals surface area contributed by atoms with E-state index in [1.807, 2.05) is 0 Å². The maximum absolute atomic E-state index is 11.7. The first-order chi connectivity index (χ1) is 7.31. The summed E-state index contributed by atoms with van der Waals surface area (Å²) in [7, 11) is 0. The number of hydrogen-bond donors (Lipinski definition) is 2. The Morgan fingerprint density at radius 3 is 2.31 bits per heavy atom. The maximum atomic E-state index is 11.7. The predicted octanol–water partition coefficient (Wildman–Crippen LogP) is 1.84. The lowest BCUT2D eigenvalue weighted by atomic mass is 9.84. The lowest BCUT2D eigenvalue weighted by molar-refractivity contribution is -0.123. The number of rotatable bonds is 4. The minimum atomic E-state index is 0. The molecule has 0 aromatic carbocycles. The second-order valence-corrected chi connectivity index (χ2v) is 5.02. The van der Waals surface area contributed by atoms with Crippen molar-refractivity contribution >= 4 is 18.3 Å². The summed E-state index contributed by atoms with van der Waals surface area (Å²) >= 11 is 0. The molecule has 0 aromatic heterocycles. The Morgan fingerprint density at radius 2 is 1.81 bits per heavy atom.